The first-order valence-corrected chi connectivity index (χ1v) is 10.3. The maximum Gasteiger partial charge on any atom is 0.258 e. The summed E-state index contributed by atoms with van der Waals surface area (Å²) in [6.45, 7) is 2.75. The molecule has 0 atom stereocenters. The minimum Gasteiger partial charge on any atom is -0.309 e. The van der Waals surface area contributed by atoms with Crippen LogP contribution in [0, 0.1) is 11.3 Å². The smallest absolute Gasteiger partial charge is 0.258 e. The SMILES string of the molecule is CCCCCn1c(NC(=O)c2ccccc2Cl)c(C#N)c2nc3ccccc3nc21. The molecule has 0 spiro atoms. The van der Waals surface area contributed by atoms with Crippen molar-refractivity contribution in [3.8, 4) is 6.07 Å². The standard InChI is InChI=1S/C23H20ClN5O/c1-2-3-8-13-29-21(28-23(30)15-9-4-5-10-17(15)24)16(14-25)20-22(29)27-19-12-7-6-11-18(19)26-20/h4-7,9-12H,2-3,8,13H2,1H3,(H,28,30). The summed E-state index contributed by atoms with van der Waals surface area (Å²) in [6, 6.07) is 16.6. The van der Waals surface area contributed by atoms with Crippen LogP contribution >= 0.6 is 11.6 Å². The number of rotatable bonds is 6. The van der Waals surface area contributed by atoms with E-state index in [0.717, 1.165) is 24.8 Å². The molecule has 1 N–H and O–H groups in total. The Morgan fingerprint density at radius 1 is 1.10 bits per heavy atom. The third-order valence-corrected chi connectivity index (χ3v) is 5.33. The Labute approximate surface area is 179 Å². The highest BCUT2D eigenvalue weighted by Gasteiger charge is 2.23. The molecule has 0 unspecified atom stereocenters. The van der Waals surface area contributed by atoms with Crippen LogP contribution in [0.3, 0.4) is 0 Å². The first kappa shape index (κ1) is 19.9. The average Bonchev–Trinajstić information content (AvgIpc) is 3.04. The number of nitriles is 1. The van der Waals surface area contributed by atoms with E-state index >= 15 is 0 Å². The van der Waals surface area contributed by atoms with Gasteiger partial charge < -0.3 is 9.88 Å². The number of carbonyl (C=O) groups excluding carboxylic acids is 1. The van der Waals surface area contributed by atoms with E-state index in [2.05, 4.69) is 23.3 Å². The zero-order valence-corrected chi connectivity index (χ0v) is 17.3. The van der Waals surface area contributed by atoms with Crippen LogP contribution in [0.1, 0.15) is 42.1 Å². The molecule has 30 heavy (non-hydrogen) atoms. The van der Waals surface area contributed by atoms with Crippen molar-refractivity contribution in [2.45, 2.75) is 32.7 Å². The molecule has 0 aliphatic heterocycles. The van der Waals surface area contributed by atoms with Crippen LogP contribution in [0.2, 0.25) is 5.02 Å². The van der Waals surface area contributed by atoms with Gasteiger partial charge in [-0.05, 0) is 30.7 Å². The van der Waals surface area contributed by atoms with Gasteiger partial charge in [0.05, 0.1) is 21.6 Å². The quantitative estimate of drug-likeness (QED) is 0.417. The number of nitrogens with zero attached hydrogens (tertiary/aromatic N) is 4. The molecule has 2 aromatic heterocycles. The van der Waals surface area contributed by atoms with E-state index in [1.807, 2.05) is 28.8 Å². The second-order valence-corrected chi connectivity index (χ2v) is 7.42. The predicted octanol–water partition coefficient (Wildman–Crippen LogP) is 5.55. The Balaban J connectivity index is 1.88. The number of amides is 1. The van der Waals surface area contributed by atoms with Gasteiger partial charge in [-0.25, -0.2) is 9.97 Å². The van der Waals surface area contributed by atoms with Gasteiger partial charge in [0.15, 0.2) is 5.65 Å². The van der Waals surface area contributed by atoms with Gasteiger partial charge >= 0.3 is 0 Å². The number of carbonyl (C=O) groups is 1. The van der Waals surface area contributed by atoms with E-state index in [1.165, 1.54) is 0 Å². The average molecular weight is 418 g/mol. The van der Waals surface area contributed by atoms with Gasteiger partial charge in [-0.3, -0.25) is 4.79 Å². The highest BCUT2D eigenvalue weighted by Crippen LogP contribution is 2.30. The number of hydrogen-bond donors (Lipinski definition) is 1. The molecule has 0 fully saturated rings. The number of aromatic nitrogens is 3. The molecular weight excluding hydrogens is 398 g/mol. The van der Waals surface area contributed by atoms with Crippen molar-refractivity contribution in [2.75, 3.05) is 5.32 Å². The lowest BCUT2D eigenvalue weighted by Crippen LogP contribution is -2.16. The molecule has 150 valence electrons. The zero-order chi connectivity index (χ0) is 21.1. The van der Waals surface area contributed by atoms with Crippen LogP contribution < -0.4 is 5.32 Å². The summed E-state index contributed by atoms with van der Waals surface area (Å²) in [5.41, 5.74) is 3.18. The minimum atomic E-state index is -0.374. The number of anilines is 1. The first-order valence-electron chi connectivity index (χ1n) is 9.89. The minimum absolute atomic E-state index is 0.306. The molecule has 6 nitrogen and oxygen atoms in total. The highest BCUT2D eigenvalue weighted by molar-refractivity contribution is 6.34. The molecule has 0 saturated heterocycles. The first-order chi connectivity index (χ1) is 14.6. The largest absolute Gasteiger partial charge is 0.309 e. The van der Waals surface area contributed by atoms with Crippen molar-refractivity contribution < 1.29 is 4.79 Å². The summed E-state index contributed by atoms with van der Waals surface area (Å²) in [7, 11) is 0. The second-order valence-electron chi connectivity index (χ2n) is 7.01. The predicted molar refractivity (Wildman–Crippen MR) is 119 cm³/mol. The van der Waals surface area contributed by atoms with Crippen molar-refractivity contribution >= 4 is 45.5 Å². The van der Waals surface area contributed by atoms with Gasteiger partial charge in [-0.1, -0.05) is 55.6 Å². The Kier molecular flexibility index (Phi) is 5.64. The lowest BCUT2D eigenvalue weighted by molar-refractivity contribution is 0.102. The van der Waals surface area contributed by atoms with Crippen LogP contribution in [-0.4, -0.2) is 20.4 Å². The zero-order valence-electron chi connectivity index (χ0n) is 16.5. The topological polar surface area (TPSA) is 83.6 Å². The third-order valence-electron chi connectivity index (χ3n) is 5.00. The monoisotopic (exact) mass is 417 g/mol. The lowest BCUT2D eigenvalue weighted by atomic mass is 10.2. The van der Waals surface area contributed by atoms with Crippen LogP contribution in [0.4, 0.5) is 5.82 Å². The number of nitrogens with one attached hydrogen (secondary N) is 1. The van der Waals surface area contributed by atoms with Crippen molar-refractivity contribution in [1.82, 2.24) is 14.5 Å². The molecule has 0 aliphatic rings. The van der Waals surface area contributed by atoms with E-state index in [-0.39, 0.29) is 5.91 Å². The number of unbranched alkanes of at least 4 members (excludes halogenated alkanes) is 2. The Morgan fingerprint density at radius 2 is 1.80 bits per heavy atom. The number of hydrogen-bond acceptors (Lipinski definition) is 4. The fourth-order valence-electron chi connectivity index (χ4n) is 3.49. The van der Waals surface area contributed by atoms with Gasteiger partial charge in [0, 0.05) is 6.54 Å². The summed E-state index contributed by atoms with van der Waals surface area (Å²) in [5, 5.41) is 13.1. The van der Waals surface area contributed by atoms with E-state index in [4.69, 9.17) is 16.6 Å². The number of fused-ring (bicyclic) bond motifs is 2. The molecular formula is C23H20ClN5O. The Bertz CT molecular complexity index is 1290. The van der Waals surface area contributed by atoms with Crippen molar-refractivity contribution in [1.29, 1.82) is 5.26 Å². The summed E-state index contributed by atoms with van der Waals surface area (Å²) >= 11 is 6.19. The van der Waals surface area contributed by atoms with Gasteiger partial charge in [0.2, 0.25) is 0 Å². The van der Waals surface area contributed by atoms with Crippen LogP contribution in [-0.2, 0) is 6.54 Å². The van der Waals surface area contributed by atoms with E-state index in [0.29, 0.717) is 45.2 Å². The third kappa shape index (κ3) is 3.60. The maximum absolute atomic E-state index is 12.9. The number of para-hydroxylation sites is 2. The van der Waals surface area contributed by atoms with Crippen LogP contribution in [0.15, 0.2) is 48.5 Å². The molecule has 0 radical (unpaired) electrons. The summed E-state index contributed by atoms with van der Waals surface area (Å²) in [4.78, 5) is 22.4. The van der Waals surface area contributed by atoms with Gasteiger partial charge in [0.1, 0.15) is 23.0 Å². The van der Waals surface area contributed by atoms with Crippen LogP contribution in [0.25, 0.3) is 22.2 Å². The van der Waals surface area contributed by atoms with E-state index in [9.17, 15) is 10.1 Å². The summed E-state index contributed by atoms with van der Waals surface area (Å²) in [5.74, 6) is 0.0324. The molecule has 1 amide bonds. The molecule has 0 bridgehead atoms. The summed E-state index contributed by atoms with van der Waals surface area (Å²) in [6.07, 6.45) is 2.98. The summed E-state index contributed by atoms with van der Waals surface area (Å²) < 4.78 is 1.89. The van der Waals surface area contributed by atoms with Gasteiger partial charge in [-0.15, -0.1) is 0 Å². The molecule has 7 heteroatoms. The van der Waals surface area contributed by atoms with Crippen LogP contribution in [0.5, 0.6) is 0 Å². The fourth-order valence-corrected chi connectivity index (χ4v) is 3.71. The maximum atomic E-state index is 12.9. The molecule has 0 aliphatic carbocycles. The molecule has 0 saturated carbocycles. The molecule has 2 aromatic carbocycles. The number of aryl methyl sites for hydroxylation is 1. The van der Waals surface area contributed by atoms with Gasteiger partial charge in [0.25, 0.3) is 5.91 Å². The molecule has 4 rings (SSSR count). The number of benzene rings is 2. The molecule has 4 aromatic rings. The second kappa shape index (κ2) is 8.52. The van der Waals surface area contributed by atoms with Crippen molar-refractivity contribution in [3.05, 3.63) is 64.7 Å². The van der Waals surface area contributed by atoms with Gasteiger partial charge in [-0.2, -0.15) is 5.26 Å². The van der Waals surface area contributed by atoms with Crippen molar-refractivity contribution in [3.63, 3.8) is 0 Å². The Morgan fingerprint density at radius 3 is 2.50 bits per heavy atom. The highest BCUT2D eigenvalue weighted by atomic mass is 35.5. The molecule has 2 heterocycles. The lowest BCUT2D eigenvalue weighted by Gasteiger charge is -2.12. The van der Waals surface area contributed by atoms with Crippen molar-refractivity contribution in [2.24, 2.45) is 0 Å². The Hall–Kier alpha value is -3.43. The fraction of sp³-hybridized carbons (Fsp3) is 0.217. The van der Waals surface area contributed by atoms with E-state index < -0.39 is 0 Å². The van der Waals surface area contributed by atoms with E-state index in [1.54, 1.807) is 24.3 Å². The number of halogens is 1. The normalized spacial score (nSPS) is 11.0.